The molecule has 0 aromatic heterocycles. The van der Waals surface area contributed by atoms with Crippen molar-refractivity contribution in [2.24, 2.45) is 0 Å². The summed E-state index contributed by atoms with van der Waals surface area (Å²) in [6.07, 6.45) is 0.611. The van der Waals surface area contributed by atoms with Gasteiger partial charge in [-0.05, 0) is 36.6 Å². The molecule has 1 heterocycles. The molecule has 5 nitrogen and oxygen atoms in total. The van der Waals surface area contributed by atoms with Crippen molar-refractivity contribution < 1.29 is 14.3 Å². The zero-order chi connectivity index (χ0) is 13.0. The molecule has 5 heteroatoms. The summed E-state index contributed by atoms with van der Waals surface area (Å²) in [5, 5.41) is 11.1. The lowest BCUT2D eigenvalue weighted by molar-refractivity contribution is -0.120. The molecule has 0 bridgehead atoms. The molecular weight excluding hydrogens is 232 g/mol. The maximum atomic E-state index is 11.1. The van der Waals surface area contributed by atoms with Gasteiger partial charge in [-0.3, -0.25) is 4.79 Å². The smallest absolute Gasteiger partial charge is 0.234 e. The van der Waals surface area contributed by atoms with Crippen molar-refractivity contribution in [1.29, 1.82) is 5.26 Å². The van der Waals surface area contributed by atoms with Gasteiger partial charge in [0.2, 0.25) is 12.7 Å². The highest BCUT2D eigenvalue weighted by Crippen LogP contribution is 2.34. The number of nitrogens with one attached hydrogen (secondary N) is 1. The largest absolute Gasteiger partial charge is 0.454 e. The molecule has 0 spiro atoms. The lowest BCUT2D eigenvalue weighted by Crippen LogP contribution is -2.25. The predicted octanol–water partition coefficient (Wildman–Crippen LogP) is 1.30. The third-order valence-corrected chi connectivity index (χ3v) is 2.79. The Labute approximate surface area is 105 Å². The first kappa shape index (κ1) is 12.2. The van der Waals surface area contributed by atoms with Crippen molar-refractivity contribution >= 4 is 5.91 Å². The Morgan fingerprint density at radius 3 is 2.89 bits per heavy atom. The first-order valence-corrected chi connectivity index (χ1v) is 5.73. The van der Waals surface area contributed by atoms with Gasteiger partial charge in [0.15, 0.2) is 11.5 Å². The maximum absolute atomic E-state index is 11.1. The second-order valence-electron chi connectivity index (χ2n) is 4.07. The van der Waals surface area contributed by atoms with Gasteiger partial charge in [0.25, 0.3) is 0 Å². The van der Waals surface area contributed by atoms with E-state index in [4.69, 9.17) is 14.7 Å². The summed E-state index contributed by atoms with van der Waals surface area (Å²) in [7, 11) is 0. The quantitative estimate of drug-likeness (QED) is 0.869. The molecule has 0 saturated heterocycles. The maximum Gasteiger partial charge on any atom is 0.234 e. The van der Waals surface area contributed by atoms with Gasteiger partial charge in [-0.2, -0.15) is 5.26 Å². The normalized spacial score (nSPS) is 12.0. The molecule has 0 aliphatic carbocycles. The highest BCUT2D eigenvalue weighted by atomic mass is 16.7. The zero-order valence-electron chi connectivity index (χ0n) is 10.2. The zero-order valence-corrected chi connectivity index (χ0v) is 10.2. The van der Waals surface area contributed by atoms with Gasteiger partial charge in [-0.25, -0.2) is 0 Å². The van der Waals surface area contributed by atoms with Crippen molar-refractivity contribution in [3.8, 4) is 17.6 Å². The number of fused-ring (bicyclic) bond motifs is 1. The molecule has 0 radical (unpaired) electrons. The van der Waals surface area contributed by atoms with Crippen LogP contribution in [0.3, 0.4) is 0 Å². The van der Waals surface area contributed by atoms with E-state index in [1.54, 1.807) is 0 Å². The van der Waals surface area contributed by atoms with Gasteiger partial charge in [-0.1, -0.05) is 0 Å². The number of nitriles is 1. The van der Waals surface area contributed by atoms with E-state index in [1.165, 1.54) is 0 Å². The number of ether oxygens (including phenoxy) is 2. The molecule has 18 heavy (non-hydrogen) atoms. The van der Waals surface area contributed by atoms with E-state index >= 15 is 0 Å². The summed E-state index contributed by atoms with van der Waals surface area (Å²) < 4.78 is 10.6. The lowest BCUT2D eigenvalue weighted by Gasteiger charge is -2.08. The molecule has 1 aliphatic heterocycles. The van der Waals surface area contributed by atoms with Crippen LogP contribution in [0.2, 0.25) is 0 Å². The van der Waals surface area contributed by atoms with Crippen molar-refractivity contribution in [3.63, 3.8) is 0 Å². The third-order valence-electron chi connectivity index (χ3n) is 2.79. The lowest BCUT2D eigenvalue weighted by atomic mass is 10.0. The van der Waals surface area contributed by atoms with Crippen LogP contribution >= 0.6 is 0 Å². The van der Waals surface area contributed by atoms with Crippen LogP contribution in [-0.4, -0.2) is 19.2 Å². The number of carbonyl (C=O) groups excluding carboxylic acids is 1. The fourth-order valence-electron chi connectivity index (χ4n) is 1.83. The number of benzene rings is 1. The molecule has 0 atom stereocenters. The summed E-state index contributed by atoms with van der Waals surface area (Å²) in [4.78, 5) is 11.1. The van der Waals surface area contributed by atoms with E-state index in [9.17, 15) is 4.79 Å². The Balaban J connectivity index is 1.94. The average Bonchev–Trinajstić information content (AvgIpc) is 2.76. The Morgan fingerprint density at radius 2 is 2.17 bits per heavy atom. The van der Waals surface area contributed by atoms with Crippen molar-refractivity contribution in [2.75, 3.05) is 13.3 Å². The van der Waals surface area contributed by atoms with E-state index in [0.29, 0.717) is 13.0 Å². The topological polar surface area (TPSA) is 71.4 Å². The summed E-state index contributed by atoms with van der Waals surface area (Å²) in [5.74, 6) is 1.28. The molecule has 1 aromatic carbocycles. The predicted molar refractivity (Wildman–Crippen MR) is 64.2 cm³/mol. The SMILES string of the molecule is Cc1cc2c(cc1CCNC(=O)CC#N)OCO2. The van der Waals surface area contributed by atoms with Gasteiger partial charge in [0.05, 0.1) is 6.07 Å². The standard InChI is InChI=1S/C13H14N2O3/c1-9-6-11-12(18-8-17-11)7-10(9)3-5-15-13(16)2-4-14/h6-7H,2-3,5,8H2,1H3,(H,15,16). The molecule has 1 aliphatic rings. The minimum absolute atomic E-state index is 0.0971. The van der Waals surface area contributed by atoms with Gasteiger partial charge in [-0.15, -0.1) is 0 Å². The van der Waals surface area contributed by atoms with Gasteiger partial charge in [0, 0.05) is 6.54 Å². The highest BCUT2D eigenvalue weighted by molar-refractivity contribution is 5.77. The van der Waals surface area contributed by atoms with Gasteiger partial charge in [0.1, 0.15) is 6.42 Å². The Bertz CT molecular complexity index is 506. The van der Waals surface area contributed by atoms with Crippen LogP contribution in [0.4, 0.5) is 0 Å². The van der Waals surface area contributed by atoms with Crippen LogP contribution in [0.25, 0.3) is 0 Å². The number of aryl methyl sites for hydroxylation is 1. The van der Waals surface area contributed by atoms with Crippen LogP contribution in [0.1, 0.15) is 17.5 Å². The fraction of sp³-hybridized carbons (Fsp3) is 0.385. The summed E-state index contributed by atoms with van der Waals surface area (Å²) in [5.41, 5.74) is 2.21. The van der Waals surface area contributed by atoms with Crippen LogP contribution in [-0.2, 0) is 11.2 Å². The first-order valence-electron chi connectivity index (χ1n) is 5.73. The van der Waals surface area contributed by atoms with Crippen molar-refractivity contribution in [2.45, 2.75) is 19.8 Å². The number of amides is 1. The molecule has 1 N–H and O–H groups in total. The van der Waals surface area contributed by atoms with E-state index < -0.39 is 0 Å². The number of rotatable bonds is 4. The number of hydrogen-bond acceptors (Lipinski definition) is 4. The van der Waals surface area contributed by atoms with Crippen LogP contribution in [0.5, 0.6) is 11.5 Å². The Morgan fingerprint density at radius 1 is 1.44 bits per heavy atom. The van der Waals surface area contributed by atoms with Crippen LogP contribution in [0, 0.1) is 18.3 Å². The average molecular weight is 246 g/mol. The van der Waals surface area contributed by atoms with Crippen molar-refractivity contribution in [3.05, 3.63) is 23.3 Å². The van der Waals surface area contributed by atoms with Crippen LogP contribution < -0.4 is 14.8 Å². The van der Waals surface area contributed by atoms with Gasteiger partial charge < -0.3 is 14.8 Å². The minimum atomic E-state index is -0.240. The molecule has 2 rings (SSSR count). The summed E-state index contributed by atoms with van der Waals surface area (Å²) in [6, 6.07) is 5.69. The number of carbonyl (C=O) groups is 1. The monoisotopic (exact) mass is 246 g/mol. The molecule has 0 unspecified atom stereocenters. The molecule has 1 amide bonds. The molecule has 0 fully saturated rings. The van der Waals surface area contributed by atoms with Crippen molar-refractivity contribution in [1.82, 2.24) is 5.32 Å². The second kappa shape index (κ2) is 5.41. The Kier molecular flexibility index (Phi) is 3.68. The highest BCUT2D eigenvalue weighted by Gasteiger charge is 2.15. The minimum Gasteiger partial charge on any atom is -0.454 e. The third kappa shape index (κ3) is 2.72. The second-order valence-corrected chi connectivity index (χ2v) is 4.07. The van der Waals surface area contributed by atoms with E-state index in [1.807, 2.05) is 25.1 Å². The molecule has 94 valence electrons. The molecular formula is C13H14N2O3. The first-order chi connectivity index (χ1) is 8.70. The fourth-order valence-corrected chi connectivity index (χ4v) is 1.83. The van der Waals surface area contributed by atoms with Crippen LogP contribution in [0.15, 0.2) is 12.1 Å². The molecule has 0 saturated carbocycles. The van der Waals surface area contributed by atoms with E-state index in [-0.39, 0.29) is 19.1 Å². The number of hydrogen-bond donors (Lipinski definition) is 1. The van der Waals surface area contributed by atoms with Gasteiger partial charge >= 0.3 is 0 Å². The summed E-state index contributed by atoms with van der Waals surface area (Å²) in [6.45, 7) is 2.77. The molecule has 1 aromatic rings. The van der Waals surface area contributed by atoms with E-state index in [2.05, 4.69) is 5.32 Å². The summed E-state index contributed by atoms with van der Waals surface area (Å²) >= 11 is 0. The van der Waals surface area contributed by atoms with E-state index in [0.717, 1.165) is 22.6 Å². The Hall–Kier alpha value is -2.22. The number of nitrogens with zero attached hydrogens (tertiary/aromatic N) is 1.